The number of aromatic nitrogens is 5. The van der Waals surface area contributed by atoms with Crippen LogP contribution < -0.4 is 10.2 Å². The van der Waals surface area contributed by atoms with Crippen LogP contribution in [0, 0.1) is 0 Å². The van der Waals surface area contributed by atoms with Crippen LogP contribution in [-0.2, 0) is 0 Å². The fourth-order valence-electron chi connectivity index (χ4n) is 4.19. The van der Waals surface area contributed by atoms with Crippen molar-refractivity contribution in [2.75, 3.05) is 24.3 Å². The molecule has 1 fully saturated rings. The van der Waals surface area contributed by atoms with Crippen LogP contribution in [-0.4, -0.2) is 38.7 Å². The molecule has 1 saturated carbocycles. The lowest BCUT2D eigenvalue weighted by Gasteiger charge is -2.21. The molecular weight excluding hydrogens is 398 g/mol. The van der Waals surface area contributed by atoms with Gasteiger partial charge in [-0.3, -0.25) is 0 Å². The van der Waals surface area contributed by atoms with E-state index in [1.54, 1.807) is 6.33 Å². The largest absolute Gasteiger partial charge is 0.373 e. The molecule has 0 bridgehead atoms. The van der Waals surface area contributed by atoms with Gasteiger partial charge in [0, 0.05) is 19.8 Å². The summed E-state index contributed by atoms with van der Waals surface area (Å²) in [5.41, 5.74) is 5.66. The van der Waals surface area contributed by atoms with Gasteiger partial charge in [-0.05, 0) is 59.7 Å². The van der Waals surface area contributed by atoms with Crippen molar-refractivity contribution in [3.05, 3.63) is 72.6 Å². The first-order valence-electron chi connectivity index (χ1n) is 10.8. The molecule has 6 rings (SSSR count). The van der Waals surface area contributed by atoms with Gasteiger partial charge in [0.05, 0.1) is 5.39 Å². The van der Waals surface area contributed by atoms with Crippen LogP contribution in [0.25, 0.3) is 27.9 Å². The quantitative estimate of drug-likeness (QED) is 0.429. The maximum atomic E-state index is 4.79. The number of hydrogen-bond acceptors (Lipinski definition) is 6. The number of fused-ring (bicyclic) bond motifs is 3. The highest BCUT2D eigenvalue weighted by molar-refractivity contribution is 5.92. The fourth-order valence-corrected chi connectivity index (χ4v) is 4.19. The van der Waals surface area contributed by atoms with Gasteiger partial charge in [-0.15, -0.1) is 10.2 Å². The van der Waals surface area contributed by atoms with Crippen molar-refractivity contribution in [1.82, 2.24) is 24.6 Å². The minimum absolute atomic E-state index is 0.520. The molecule has 2 aromatic carbocycles. The molecule has 3 aromatic heterocycles. The van der Waals surface area contributed by atoms with E-state index in [2.05, 4.69) is 68.9 Å². The molecule has 0 atom stereocenters. The molecular formula is C25H23N7. The van der Waals surface area contributed by atoms with Crippen molar-refractivity contribution >= 4 is 34.1 Å². The van der Waals surface area contributed by atoms with Gasteiger partial charge in [0.25, 0.3) is 5.78 Å². The molecule has 7 nitrogen and oxygen atoms in total. The average Bonchev–Trinajstić information content (AvgIpc) is 3.59. The Hall–Kier alpha value is -4.00. The number of hydrogen-bond donors (Lipinski definition) is 1. The van der Waals surface area contributed by atoms with Gasteiger partial charge < -0.3 is 10.2 Å². The molecule has 32 heavy (non-hydrogen) atoms. The maximum Gasteiger partial charge on any atom is 0.258 e. The molecule has 0 saturated heterocycles. The SMILES string of the molecule is CNc1ccc2c(N(C)c3cccc(-c4ccc(C5CC5)cc4)c3)nc3nncn3c2n1. The van der Waals surface area contributed by atoms with Gasteiger partial charge in [0.2, 0.25) is 0 Å². The molecule has 0 spiro atoms. The van der Waals surface area contributed by atoms with Gasteiger partial charge in [-0.2, -0.15) is 4.98 Å². The van der Waals surface area contributed by atoms with Crippen LogP contribution in [0.15, 0.2) is 67.0 Å². The highest BCUT2D eigenvalue weighted by Gasteiger charge is 2.23. The highest BCUT2D eigenvalue weighted by Crippen LogP contribution is 2.40. The smallest absolute Gasteiger partial charge is 0.258 e. The number of benzene rings is 2. The van der Waals surface area contributed by atoms with E-state index in [-0.39, 0.29) is 0 Å². The lowest BCUT2D eigenvalue weighted by Crippen LogP contribution is -2.13. The average molecular weight is 422 g/mol. The van der Waals surface area contributed by atoms with E-state index in [4.69, 9.17) is 9.97 Å². The van der Waals surface area contributed by atoms with Crippen molar-refractivity contribution in [1.29, 1.82) is 0 Å². The molecule has 158 valence electrons. The van der Waals surface area contributed by atoms with E-state index in [1.165, 1.54) is 29.5 Å². The van der Waals surface area contributed by atoms with Gasteiger partial charge >= 0.3 is 0 Å². The Morgan fingerprint density at radius 1 is 0.969 bits per heavy atom. The number of pyridine rings is 1. The van der Waals surface area contributed by atoms with E-state index in [0.717, 1.165) is 34.3 Å². The second-order valence-corrected chi connectivity index (χ2v) is 8.26. The predicted octanol–water partition coefficient (Wildman–Crippen LogP) is 5.03. The van der Waals surface area contributed by atoms with E-state index >= 15 is 0 Å². The summed E-state index contributed by atoms with van der Waals surface area (Å²) in [4.78, 5) is 11.6. The first-order chi connectivity index (χ1) is 15.7. The Balaban J connectivity index is 1.43. The normalized spacial score (nSPS) is 13.6. The predicted molar refractivity (Wildman–Crippen MR) is 128 cm³/mol. The second-order valence-electron chi connectivity index (χ2n) is 8.26. The van der Waals surface area contributed by atoms with Crippen LogP contribution in [0.4, 0.5) is 17.3 Å². The van der Waals surface area contributed by atoms with Gasteiger partial charge in [0.1, 0.15) is 18.0 Å². The molecule has 0 unspecified atom stereocenters. The van der Waals surface area contributed by atoms with Crippen LogP contribution in [0.1, 0.15) is 24.3 Å². The van der Waals surface area contributed by atoms with E-state index in [1.807, 2.05) is 30.6 Å². The zero-order chi connectivity index (χ0) is 21.7. The zero-order valence-corrected chi connectivity index (χ0v) is 18.0. The molecule has 1 N–H and O–H groups in total. The molecule has 7 heteroatoms. The van der Waals surface area contributed by atoms with Crippen LogP contribution in [0.5, 0.6) is 0 Å². The molecule has 0 aliphatic heterocycles. The lowest BCUT2D eigenvalue weighted by molar-refractivity contribution is 1.07. The summed E-state index contributed by atoms with van der Waals surface area (Å²) in [7, 11) is 3.88. The minimum Gasteiger partial charge on any atom is -0.373 e. The van der Waals surface area contributed by atoms with E-state index < -0.39 is 0 Å². The minimum atomic E-state index is 0.520. The van der Waals surface area contributed by atoms with Crippen molar-refractivity contribution in [3.8, 4) is 11.1 Å². The first-order valence-corrected chi connectivity index (χ1v) is 10.8. The van der Waals surface area contributed by atoms with Crippen molar-refractivity contribution in [3.63, 3.8) is 0 Å². The number of rotatable bonds is 5. The Morgan fingerprint density at radius 3 is 2.59 bits per heavy atom. The molecule has 3 heterocycles. The fraction of sp³-hybridized carbons (Fsp3) is 0.200. The van der Waals surface area contributed by atoms with Crippen LogP contribution in [0.3, 0.4) is 0 Å². The third kappa shape index (κ3) is 3.13. The number of anilines is 3. The molecule has 5 aromatic rings. The Morgan fingerprint density at radius 2 is 1.81 bits per heavy atom. The lowest BCUT2D eigenvalue weighted by atomic mass is 10.0. The Labute approximate surface area is 185 Å². The van der Waals surface area contributed by atoms with Crippen LogP contribution in [0.2, 0.25) is 0 Å². The molecule has 1 aliphatic carbocycles. The van der Waals surface area contributed by atoms with Crippen molar-refractivity contribution in [2.45, 2.75) is 18.8 Å². The first kappa shape index (κ1) is 18.7. The Bertz CT molecular complexity index is 1430. The summed E-state index contributed by atoms with van der Waals surface area (Å²) in [6.07, 6.45) is 4.29. The van der Waals surface area contributed by atoms with Crippen molar-refractivity contribution in [2.24, 2.45) is 0 Å². The van der Waals surface area contributed by atoms with Gasteiger partial charge in [-0.25, -0.2) is 9.38 Å². The van der Waals surface area contributed by atoms with E-state index in [9.17, 15) is 0 Å². The molecule has 1 aliphatic rings. The summed E-state index contributed by atoms with van der Waals surface area (Å²) >= 11 is 0. The zero-order valence-electron chi connectivity index (χ0n) is 18.0. The van der Waals surface area contributed by atoms with Gasteiger partial charge in [0.15, 0.2) is 5.65 Å². The topological polar surface area (TPSA) is 71.2 Å². The summed E-state index contributed by atoms with van der Waals surface area (Å²) < 4.78 is 1.81. The standard InChI is InChI=1S/C25H23N7/c1-26-22-13-12-21-23(29-25-30-27-15-32(25)24(21)28-22)31(2)20-5-3-4-19(14-20)18-10-8-17(9-11-18)16-6-7-16/h3-5,8-16H,6-7H2,1-2H3,(H,26,28). The number of nitrogens with one attached hydrogen (secondary N) is 1. The molecule has 0 radical (unpaired) electrons. The number of nitrogens with zero attached hydrogens (tertiary/aromatic N) is 6. The third-order valence-corrected chi connectivity index (χ3v) is 6.18. The van der Waals surface area contributed by atoms with Gasteiger partial charge in [-0.1, -0.05) is 36.4 Å². The maximum absolute atomic E-state index is 4.79. The Kier molecular flexibility index (Phi) is 4.28. The summed E-state index contributed by atoms with van der Waals surface area (Å²) in [5, 5.41) is 12.2. The van der Waals surface area contributed by atoms with Crippen LogP contribution >= 0.6 is 0 Å². The highest BCUT2D eigenvalue weighted by atomic mass is 15.3. The monoisotopic (exact) mass is 421 g/mol. The summed E-state index contributed by atoms with van der Waals surface area (Å²) in [6.45, 7) is 0. The second kappa shape index (κ2) is 7.30. The molecule has 0 amide bonds. The van der Waals surface area contributed by atoms with E-state index in [0.29, 0.717) is 5.78 Å². The van der Waals surface area contributed by atoms with Crippen molar-refractivity contribution < 1.29 is 0 Å². The summed E-state index contributed by atoms with van der Waals surface area (Å²) in [6, 6.07) is 21.5. The summed E-state index contributed by atoms with van der Waals surface area (Å²) in [5.74, 6) is 2.86. The third-order valence-electron chi connectivity index (χ3n) is 6.18.